The molecule has 62 valence electrons. The number of nitrogens with two attached hydrogens (primary N) is 1. The highest BCUT2D eigenvalue weighted by molar-refractivity contribution is 7.80. The summed E-state index contributed by atoms with van der Waals surface area (Å²) in [6, 6.07) is 0. The second kappa shape index (κ2) is 3.35. The zero-order chi connectivity index (χ0) is 8.43. The Balaban J connectivity index is 2.68. The maximum absolute atomic E-state index is 5.92. The lowest BCUT2D eigenvalue weighted by molar-refractivity contribution is 0.363. The van der Waals surface area contributed by atoms with Crippen LogP contribution in [-0.4, -0.2) is 4.86 Å². The number of rotatable bonds is 2. The van der Waals surface area contributed by atoms with E-state index in [0.29, 0.717) is 5.92 Å². The zero-order valence-corrected chi connectivity index (χ0v) is 8.00. The summed E-state index contributed by atoms with van der Waals surface area (Å²) in [5.41, 5.74) is 8.08. The highest BCUT2D eigenvalue weighted by Crippen LogP contribution is 2.32. The third-order valence-electron chi connectivity index (χ3n) is 2.51. The minimum atomic E-state index is 0.632. The van der Waals surface area contributed by atoms with Crippen molar-refractivity contribution in [2.24, 2.45) is 11.7 Å². The minimum Gasteiger partial charge on any atom is -0.402 e. The van der Waals surface area contributed by atoms with Crippen LogP contribution in [-0.2, 0) is 0 Å². The van der Waals surface area contributed by atoms with Crippen molar-refractivity contribution >= 4 is 17.1 Å². The van der Waals surface area contributed by atoms with Crippen molar-refractivity contribution in [1.29, 1.82) is 0 Å². The molecule has 1 saturated carbocycles. The van der Waals surface area contributed by atoms with Crippen molar-refractivity contribution in [2.75, 3.05) is 0 Å². The smallest absolute Gasteiger partial charge is 0.0167 e. The Morgan fingerprint density at radius 3 is 2.18 bits per heavy atom. The number of thiocarbonyl (C=S) groups is 1. The van der Waals surface area contributed by atoms with Gasteiger partial charge in [0.2, 0.25) is 0 Å². The van der Waals surface area contributed by atoms with Gasteiger partial charge in [0.05, 0.1) is 0 Å². The van der Waals surface area contributed by atoms with Gasteiger partial charge in [0.1, 0.15) is 0 Å². The highest BCUT2D eigenvalue weighted by Gasteiger charge is 2.21. The molecule has 1 aliphatic rings. The molecule has 0 saturated heterocycles. The van der Waals surface area contributed by atoms with Gasteiger partial charge in [-0.25, -0.2) is 0 Å². The molecule has 2 heteroatoms. The molecule has 1 aliphatic carbocycles. The first-order valence-corrected chi connectivity index (χ1v) is 4.51. The van der Waals surface area contributed by atoms with Crippen molar-refractivity contribution in [3.63, 3.8) is 0 Å². The van der Waals surface area contributed by atoms with Crippen LogP contribution in [0.5, 0.6) is 0 Å². The molecule has 0 aliphatic heterocycles. The van der Waals surface area contributed by atoms with E-state index in [9.17, 15) is 0 Å². The van der Waals surface area contributed by atoms with Crippen molar-refractivity contribution in [3.8, 4) is 0 Å². The van der Waals surface area contributed by atoms with Crippen LogP contribution in [0.3, 0.4) is 0 Å². The lowest BCUT2D eigenvalue weighted by atomic mass is 9.81. The summed E-state index contributed by atoms with van der Waals surface area (Å²) in [5, 5.41) is 0. The molecule has 0 aromatic heterocycles. The Kier molecular flexibility index (Phi) is 2.66. The molecule has 0 heterocycles. The van der Waals surface area contributed by atoms with Crippen molar-refractivity contribution < 1.29 is 0 Å². The maximum Gasteiger partial charge on any atom is 0.0167 e. The normalized spacial score (nSPS) is 20.5. The molecular formula is C9H15NS. The van der Waals surface area contributed by atoms with Gasteiger partial charge in [0.15, 0.2) is 0 Å². The fourth-order valence-electron chi connectivity index (χ4n) is 1.23. The second-order valence-corrected chi connectivity index (χ2v) is 3.88. The third kappa shape index (κ3) is 1.80. The molecule has 2 N–H and O–H groups in total. The van der Waals surface area contributed by atoms with Gasteiger partial charge < -0.3 is 5.73 Å². The Bertz CT molecular complexity index is 202. The first-order chi connectivity index (χ1) is 5.13. The largest absolute Gasteiger partial charge is 0.402 e. The van der Waals surface area contributed by atoms with Crippen molar-refractivity contribution in [3.05, 3.63) is 11.3 Å². The minimum absolute atomic E-state index is 0.632. The average Bonchev–Trinajstić information content (AvgIpc) is 1.82. The number of hydrogen-bond acceptors (Lipinski definition) is 2. The number of allylic oxidation sites excluding steroid dienone is 2. The van der Waals surface area contributed by atoms with E-state index >= 15 is 0 Å². The molecule has 0 amide bonds. The molecule has 0 radical (unpaired) electrons. The SMILES string of the molecule is CC(=S)C(C)=C(N)C1CCC1. The topological polar surface area (TPSA) is 26.0 Å². The van der Waals surface area contributed by atoms with Crippen LogP contribution < -0.4 is 5.73 Å². The lowest BCUT2D eigenvalue weighted by Gasteiger charge is -2.27. The van der Waals surface area contributed by atoms with E-state index in [1.54, 1.807) is 0 Å². The molecule has 1 nitrogen and oxygen atoms in total. The van der Waals surface area contributed by atoms with E-state index in [2.05, 4.69) is 0 Å². The van der Waals surface area contributed by atoms with Gasteiger partial charge in [-0.05, 0) is 38.2 Å². The van der Waals surface area contributed by atoms with E-state index in [1.807, 2.05) is 13.8 Å². The molecule has 0 atom stereocenters. The summed E-state index contributed by atoms with van der Waals surface area (Å²) in [7, 11) is 0. The van der Waals surface area contributed by atoms with Crippen LogP contribution in [0.1, 0.15) is 33.1 Å². The fraction of sp³-hybridized carbons (Fsp3) is 0.667. The quantitative estimate of drug-likeness (QED) is 0.507. The molecule has 0 spiro atoms. The monoisotopic (exact) mass is 169 g/mol. The van der Waals surface area contributed by atoms with E-state index in [0.717, 1.165) is 16.1 Å². The molecule has 11 heavy (non-hydrogen) atoms. The second-order valence-electron chi connectivity index (χ2n) is 3.26. The summed E-state index contributed by atoms with van der Waals surface area (Å²) in [6.45, 7) is 3.96. The first kappa shape index (κ1) is 8.72. The Morgan fingerprint density at radius 2 is 1.91 bits per heavy atom. The molecule has 0 aromatic rings. The van der Waals surface area contributed by atoms with E-state index in [1.165, 1.54) is 19.3 Å². The van der Waals surface area contributed by atoms with Crippen molar-refractivity contribution in [2.45, 2.75) is 33.1 Å². The van der Waals surface area contributed by atoms with Gasteiger partial charge in [-0.15, -0.1) is 0 Å². The highest BCUT2D eigenvalue weighted by atomic mass is 32.1. The van der Waals surface area contributed by atoms with Crippen LogP contribution in [0.2, 0.25) is 0 Å². The average molecular weight is 169 g/mol. The van der Waals surface area contributed by atoms with Gasteiger partial charge in [0, 0.05) is 10.6 Å². The molecular weight excluding hydrogens is 154 g/mol. The fourth-order valence-corrected chi connectivity index (χ4v) is 1.35. The molecule has 1 rings (SSSR count). The van der Waals surface area contributed by atoms with Crippen LogP contribution >= 0.6 is 12.2 Å². The zero-order valence-electron chi connectivity index (χ0n) is 7.18. The van der Waals surface area contributed by atoms with E-state index in [4.69, 9.17) is 18.0 Å². The third-order valence-corrected chi connectivity index (χ3v) is 2.81. The Hall–Kier alpha value is -0.370. The first-order valence-electron chi connectivity index (χ1n) is 4.10. The summed E-state index contributed by atoms with van der Waals surface area (Å²) in [4.78, 5) is 0.939. The molecule has 0 unspecified atom stereocenters. The van der Waals surface area contributed by atoms with Gasteiger partial charge >= 0.3 is 0 Å². The standard InChI is InChI=1S/C9H15NS/c1-6(7(2)11)9(10)8-4-3-5-8/h8H,3-5,10H2,1-2H3. The van der Waals surface area contributed by atoms with Crippen LogP contribution in [0.4, 0.5) is 0 Å². The predicted molar refractivity (Wildman–Crippen MR) is 52.5 cm³/mol. The molecule has 1 fully saturated rings. The van der Waals surface area contributed by atoms with Gasteiger partial charge in [-0.2, -0.15) is 0 Å². The number of hydrogen-bond donors (Lipinski definition) is 1. The Morgan fingerprint density at radius 1 is 1.36 bits per heavy atom. The van der Waals surface area contributed by atoms with E-state index < -0.39 is 0 Å². The summed E-state index contributed by atoms with van der Waals surface area (Å²) in [5.74, 6) is 0.632. The summed E-state index contributed by atoms with van der Waals surface area (Å²) >= 11 is 5.05. The molecule has 0 bridgehead atoms. The van der Waals surface area contributed by atoms with Crippen molar-refractivity contribution in [1.82, 2.24) is 0 Å². The van der Waals surface area contributed by atoms with Gasteiger partial charge in [-0.1, -0.05) is 18.6 Å². The van der Waals surface area contributed by atoms with E-state index in [-0.39, 0.29) is 0 Å². The molecule has 0 aromatic carbocycles. The van der Waals surface area contributed by atoms with Gasteiger partial charge in [0.25, 0.3) is 0 Å². The van der Waals surface area contributed by atoms with Crippen LogP contribution in [0.25, 0.3) is 0 Å². The van der Waals surface area contributed by atoms with Crippen LogP contribution in [0.15, 0.2) is 11.3 Å². The Labute approximate surface area is 73.7 Å². The van der Waals surface area contributed by atoms with Gasteiger partial charge in [-0.3, -0.25) is 0 Å². The predicted octanol–water partition coefficient (Wildman–Crippen LogP) is 2.41. The van der Waals surface area contributed by atoms with Crippen LogP contribution in [0, 0.1) is 5.92 Å². The summed E-state index contributed by atoms with van der Waals surface area (Å²) in [6.07, 6.45) is 3.84. The maximum atomic E-state index is 5.92. The summed E-state index contributed by atoms with van der Waals surface area (Å²) < 4.78 is 0. The lowest BCUT2D eigenvalue weighted by Crippen LogP contribution is -2.21.